The first-order valence-corrected chi connectivity index (χ1v) is 11.2. The Labute approximate surface area is 166 Å². The number of halogens is 3. The van der Waals surface area contributed by atoms with E-state index in [0.29, 0.717) is 19.4 Å². The highest BCUT2D eigenvalue weighted by Gasteiger charge is 2.54. The first-order chi connectivity index (χ1) is 13.3. The summed E-state index contributed by atoms with van der Waals surface area (Å²) in [5, 5.41) is 9.85. The molecule has 156 valence electrons. The Balaban J connectivity index is 1.41. The number of aromatic nitrogens is 3. The van der Waals surface area contributed by atoms with Crippen molar-refractivity contribution >= 4 is 17.7 Å². The van der Waals surface area contributed by atoms with Crippen molar-refractivity contribution in [1.82, 2.24) is 14.8 Å². The zero-order chi connectivity index (χ0) is 19.9. The van der Waals surface area contributed by atoms with Crippen LogP contribution in [0.25, 0.3) is 0 Å². The summed E-state index contributed by atoms with van der Waals surface area (Å²) in [4.78, 5) is 10.8. The van der Waals surface area contributed by atoms with E-state index in [2.05, 4.69) is 19.5 Å². The quantitative estimate of drug-likeness (QED) is 0.375. The van der Waals surface area contributed by atoms with Gasteiger partial charge in [0.05, 0.1) is 6.61 Å². The molecule has 4 aliphatic carbocycles. The number of carbonyl (C=O) groups is 1. The van der Waals surface area contributed by atoms with Crippen LogP contribution in [-0.4, -0.2) is 39.8 Å². The number of ether oxygens (including phenoxy) is 1. The molecule has 0 aliphatic heterocycles. The van der Waals surface area contributed by atoms with Crippen molar-refractivity contribution in [2.75, 3.05) is 12.9 Å². The summed E-state index contributed by atoms with van der Waals surface area (Å²) in [6.45, 7) is 0.422. The highest BCUT2D eigenvalue weighted by atomic mass is 32.2. The fraction of sp³-hybridized carbons (Fsp3) is 0.842. The minimum Gasteiger partial charge on any atom is -0.459 e. The van der Waals surface area contributed by atoms with Gasteiger partial charge in [0.25, 0.3) is 0 Å². The molecule has 9 heteroatoms. The Bertz CT molecular complexity index is 699. The third kappa shape index (κ3) is 3.78. The van der Waals surface area contributed by atoms with Crippen molar-refractivity contribution < 1.29 is 22.7 Å². The van der Waals surface area contributed by atoms with Gasteiger partial charge in [-0.3, -0.25) is 0 Å². The summed E-state index contributed by atoms with van der Waals surface area (Å²) in [6.07, 6.45) is 5.68. The fourth-order valence-electron chi connectivity index (χ4n) is 6.04. The molecule has 0 aromatic carbocycles. The van der Waals surface area contributed by atoms with E-state index in [1.54, 1.807) is 11.8 Å². The molecule has 1 aromatic rings. The molecule has 0 saturated heterocycles. The molecule has 5 rings (SSSR count). The molecule has 5 nitrogen and oxygen atoms in total. The Morgan fingerprint density at radius 2 is 1.75 bits per heavy atom. The molecular weight excluding hydrogens is 391 g/mol. The molecule has 4 fully saturated rings. The van der Waals surface area contributed by atoms with Gasteiger partial charge in [-0.05, 0) is 75.4 Å². The predicted octanol–water partition coefficient (Wildman–Crippen LogP) is 4.35. The number of alkyl halides is 3. The van der Waals surface area contributed by atoms with Gasteiger partial charge in [0.15, 0.2) is 5.16 Å². The number of hydrogen-bond donors (Lipinski definition) is 0. The van der Waals surface area contributed by atoms with E-state index in [-0.39, 0.29) is 12.0 Å². The van der Waals surface area contributed by atoms with Crippen LogP contribution in [0.5, 0.6) is 0 Å². The minimum absolute atomic E-state index is 0.123. The van der Waals surface area contributed by atoms with E-state index in [1.165, 1.54) is 38.5 Å². The van der Waals surface area contributed by atoms with Crippen molar-refractivity contribution in [3.8, 4) is 0 Å². The second-order valence-electron chi connectivity index (χ2n) is 8.70. The van der Waals surface area contributed by atoms with E-state index in [9.17, 15) is 18.0 Å². The molecule has 0 amide bonds. The maximum atomic E-state index is 12.2. The zero-order valence-electron chi connectivity index (χ0n) is 16.0. The Morgan fingerprint density at radius 1 is 1.14 bits per heavy atom. The lowest BCUT2D eigenvalue weighted by atomic mass is 9.49. The molecule has 0 radical (unpaired) electrons. The highest BCUT2D eigenvalue weighted by Crippen LogP contribution is 2.60. The number of carbonyl (C=O) groups excluding carboxylic acids is 1. The zero-order valence-corrected chi connectivity index (χ0v) is 16.8. The molecule has 0 unspecified atom stereocenters. The topological polar surface area (TPSA) is 57.0 Å². The monoisotopic (exact) mass is 417 g/mol. The average Bonchev–Trinajstić information content (AvgIpc) is 3.03. The molecule has 4 bridgehead atoms. The second kappa shape index (κ2) is 7.54. The van der Waals surface area contributed by atoms with Gasteiger partial charge < -0.3 is 9.30 Å². The largest absolute Gasteiger partial charge is 0.490 e. The van der Waals surface area contributed by atoms with Crippen LogP contribution in [0, 0.1) is 17.8 Å². The molecule has 28 heavy (non-hydrogen) atoms. The lowest BCUT2D eigenvalue weighted by molar-refractivity contribution is -0.199. The van der Waals surface area contributed by atoms with E-state index >= 15 is 0 Å². The summed E-state index contributed by atoms with van der Waals surface area (Å²) in [5.41, 5.74) is 0.123. The summed E-state index contributed by atoms with van der Waals surface area (Å²) < 4.78 is 43.1. The van der Waals surface area contributed by atoms with Crippen LogP contribution in [0.1, 0.15) is 57.2 Å². The second-order valence-corrected chi connectivity index (χ2v) is 9.47. The Kier molecular flexibility index (Phi) is 5.39. The molecule has 0 atom stereocenters. The number of thioether (sulfide) groups is 1. The number of esters is 1. The minimum atomic E-state index is -4.92. The number of rotatable bonds is 7. The average molecular weight is 417 g/mol. The van der Waals surface area contributed by atoms with Crippen LogP contribution in [0.2, 0.25) is 0 Å². The van der Waals surface area contributed by atoms with Gasteiger partial charge in [0.2, 0.25) is 0 Å². The smallest absolute Gasteiger partial charge is 0.459 e. The molecule has 0 N–H and O–H groups in total. The number of nitrogens with zero attached hydrogens (tertiary/aromatic N) is 3. The van der Waals surface area contributed by atoms with Gasteiger partial charge in [0, 0.05) is 12.0 Å². The normalized spacial score (nSPS) is 31.4. The molecule has 1 heterocycles. The lowest BCUT2D eigenvalue weighted by Gasteiger charge is -2.56. The van der Waals surface area contributed by atoms with Gasteiger partial charge in [-0.2, -0.15) is 13.2 Å². The van der Waals surface area contributed by atoms with Crippen molar-refractivity contribution in [3.05, 3.63) is 5.82 Å². The van der Waals surface area contributed by atoms with Crippen LogP contribution in [0.3, 0.4) is 0 Å². The molecule has 0 spiro atoms. The fourth-order valence-corrected chi connectivity index (χ4v) is 6.56. The van der Waals surface area contributed by atoms with Gasteiger partial charge in [-0.15, -0.1) is 10.2 Å². The Morgan fingerprint density at radius 3 is 2.29 bits per heavy atom. The number of hydrogen-bond acceptors (Lipinski definition) is 5. The summed E-state index contributed by atoms with van der Waals surface area (Å²) >= 11 is 1.55. The summed E-state index contributed by atoms with van der Waals surface area (Å²) in [5.74, 6) is 1.36. The van der Waals surface area contributed by atoms with Crippen LogP contribution in [-0.2, 0) is 21.5 Å². The number of unbranched alkanes of at least 4 members (excludes halogenated alkanes) is 1. The standard InChI is InChI=1S/C19H26F3N3O2S/c1-28-17-24-23-15(18-9-12-6-13(10-18)8-14(7-12)11-18)25(17)4-2-3-5-27-16(26)19(20,21)22/h12-14H,2-11H2,1H3. The van der Waals surface area contributed by atoms with Gasteiger partial charge in [0.1, 0.15) is 5.82 Å². The van der Waals surface area contributed by atoms with Crippen molar-refractivity contribution in [2.24, 2.45) is 17.8 Å². The maximum absolute atomic E-state index is 12.2. The summed E-state index contributed by atoms with van der Waals surface area (Å²) in [7, 11) is 0. The molecule has 4 aliphatic rings. The van der Waals surface area contributed by atoms with Crippen molar-refractivity contribution in [2.45, 2.75) is 74.7 Å². The van der Waals surface area contributed by atoms with Gasteiger partial charge in [-0.25, -0.2) is 4.79 Å². The van der Waals surface area contributed by atoms with E-state index in [0.717, 1.165) is 28.7 Å². The van der Waals surface area contributed by atoms with Gasteiger partial charge in [-0.1, -0.05) is 11.8 Å². The predicted molar refractivity (Wildman–Crippen MR) is 97.9 cm³/mol. The molecular formula is C19H26F3N3O2S. The van der Waals surface area contributed by atoms with E-state index in [4.69, 9.17) is 0 Å². The van der Waals surface area contributed by atoms with Crippen LogP contribution < -0.4 is 0 Å². The first kappa shape index (κ1) is 20.0. The van der Waals surface area contributed by atoms with Crippen LogP contribution in [0.15, 0.2) is 5.16 Å². The van der Waals surface area contributed by atoms with Crippen LogP contribution in [0.4, 0.5) is 13.2 Å². The van der Waals surface area contributed by atoms with Gasteiger partial charge >= 0.3 is 12.1 Å². The third-order valence-electron chi connectivity index (χ3n) is 6.65. The van der Waals surface area contributed by atoms with E-state index in [1.807, 2.05) is 6.26 Å². The van der Waals surface area contributed by atoms with E-state index < -0.39 is 12.1 Å². The SMILES string of the molecule is CSc1nnc(C23CC4CC(CC(C4)C2)C3)n1CCCCOC(=O)C(F)(F)F. The highest BCUT2D eigenvalue weighted by molar-refractivity contribution is 7.98. The Hall–Kier alpha value is -1.25. The molecule has 1 aromatic heterocycles. The lowest BCUT2D eigenvalue weighted by Crippen LogP contribution is -2.49. The summed E-state index contributed by atoms with van der Waals surface area (Å²) in [6, 6.07) is 0. The maximum Gasteiger partial charge on any atom is 0.490 e. The van der Waals surface area contributed by atoms with Crippen LogP contribution >= 0.6 is 11.8 Å². The van der Waals surface area contributed by atoms with Crippen molar-refractivity contribution in [1.29, 1.82) is 0 Å². The molecule has 4 saturated carbocycles. The third-order valence-corrected chi connectivity index (χ3v) is 7.32. The first-order valence-electron chi connectivity index (χ1n) is 10.0. The van der Waals surface area contributed by atoms with Crippen molar-refractivity contribution in [3.63, 3.8) is 0 Å².